The van der Waals surface area contributed by atoms with Crippen LogP contribution >= 0.6 is 12.4 Å². The summed E-state index contributed by atoms with van der Waals surface area (Å²) in [6.45, 7) is 4.73. The summed E-state index contributed by atoms with van der Waals surface area (Å²) in [5, 5.41) is 12.8. The SMILES string of the molecule is Cc1ccc(NC(=O)c2ccn3c2CN(c2ccc(O)cc2)C(c2cc(F)ccc2C(=O)N2Cc4ccccc4C[C@H]2C)C3)cc1F.Cl. The van der Waals surface area contributed by atoms with Gasteiger partial charge in [0, 0.05) is 42.3 Å². The first-order valence-electron chi connectivity index (χ1n) is 15.6. The Morgan fingerprint density at radius 2 is 1.62 bits per heavy atom. The topological polar surface area (TPSA) is 77.8 Å². The van der Waals surface area contributed by atoms with Gasteiger partial charge in [-0.05, 0) is 103 Å². The number of amides is 2. The zero-order valence-corrected chi connectivity index (χ0v) is 27.3. The van der Waals surface area contributed by atoms with Crippen molar-refractivity contribution in [1.29, 1.82) is 0 Å². The highest BCUT2D eigenvalue weighted by Gasteiger charge is 2.35. The average molecular weight is 669 g/mol. The molecule has 5 aromatic rings. The van der Waals surface area contributed by atoms with Gasteiger partial charge in [0.05, 0.1) is 23.8 Å². The van der Waals surface area contributed by atoms with Gasteiger partial charge in [-0.1, -0.05) is 30.3 Å². The second-order valence-electron chi connectivity index (χ2n) is 12.4. The predicted molar refractivity (Wildman–Crippen MR) is 184 cm³/mol. The molecule has 2 N–H and O–H groups in total. The Morgan fingerprint density at radius 1 is 0.875 bits per heavy atom. The van der Waals surface area contributed by atoms with Crippen LogP contribution in [0.1, 0.15) is 61.6 Å². The predicted octanol–water partition coefficient (Wildman–Crippen LogP) is 7.80. The van der Waals surface area contributed by atoms with Crippen molar-refractivity contribution in [2.75, 3.05) is 10.2 Å². The van der Waals surface area contributed by atoms with Crippen molar-refractivity contribution in [2.24, 2.45) is 0 Å². The molecule has 2 atom stereocenters. The van der Waals surface area contributed by atoms with E-state index in [-0.39, 0.29) is 42.6 Å². The molecule has 0 radical (unpaired) electrons. The Morgan fingerprint density at radius 3 is 2.38 bits per heavy atom. The Labute approximate surface area is 283 Å². The molecule has 0 fully saturated rings. The highest BCUT2D eigenvalue weighted by molar-refractivity contribution is 6.05. The third kappa shape index (κ3) is 6.13. The van der Waals surface area contributed by atoms with Gasteiger partial charge in [-0.15, -0.1) is 12.4 Å². The minimum atomic E-state index is -0.483. The summed E-state index contributed by atoms with van der Waals surface area (Å²) in [6, 6.07) is 24.9. The van der Waals surface area contributed by atoms with E-state index in [1.54, 1.807) is 55.5 Å². The molecule has 0 bridgehead atoms. The van der Waals surface area contributed by atoms with E-state index in [1.165, 1.54) is 23.8 Å². The number of hydrogen-bond acceptors (Lipinski definition) is 4. The van der Waals surface area contributed by atoms with Gasteiger partial charge in [0.25, 0.3) is 11.8 Å². The first kappa shape index (κ1) is 32.8. The molecule has 0 aliphatic carbocycles. The molecule has 10 heteroatoms. The van der Waals surface area contributed by atoms with Crippen molar-refractivity contribution in [1.82, 2.24) is 9.47 Å². The summed E-state index contributed by atoms with van der Waals surface area (Å²) in [5.74, 6) is -1.32. The van der Waals surface area contributed by atoms with Gasteiger partial charge in [-0.2, -0.15) is 0 Å². The average Bonchev–Trinajstić information content (AvgIpc) is 3.49. The Bertz CT molecular complexity index is 2010. The lowest BCUT2D eigenvalue weighted by Gasteiger charge is -2.41. The van der Waals surface area contributed by atoms with Crippen molar-refractivity contribution >= 4 is 35.6 Å². The van der Waals surface area contributed by atoms with Gasteiger partial charge in [0.1, 0.15) is 17.4 Å². The lowest BCUT2D eigenvalue weighted by Crippen LogP contribution is -2.44. The van der Waals surface area contributed by atoms with E-state index in [0.717, 1.165) is 17.7 Å². The minimum absolute atomic E-state index is 0. The van der Waals surface area contributed by atoms with Crippen molar-refractivity contribution in [3.05, 3.63) is 148 Å². The molecule has 7 rings (SSSR count). The number of aryl methyl sites for hydroxylation is 1. The van der Waals surface area contributed by atoms with Crippen LogP contribution in [0.15, 0.2) is 97.2 Å². The fourth-order valence-corrected chi connectivity index (χ4v) is 6.78. The van der Waals surface area contributed by atoms with Crippen LogP contribution in [0, 0.1) is 18.6 Å². The standard InChI is InChI=1S/C38H34F2N4O3.ClH/c1-23-7-9-28(19-34(23)40)41-37(46)32-15-16-42-21-36(44(22-35(32)42)29-10-12-30(45)13-11-29)33-18-27(39)8-14-31(33)38(47)43-20-26-6-4-3-5-25(26)17-24(43)2;/h3-16,18-19,24,36,45H,17,20-22H2,1-2H3,(H,41,46);1H/t24-,36?;/m1./s1. The van der Waals surface area contributed by atoms with Gasteiger partial charge >= 0.3 is 0 Å². The number of hydrogen-bond donors (Lipinski definition) is 2. The van der Waals surface area contributed by atoms with E-state index in [9.17, 15) is 19.1 Å². The molecule has 7 nitrogen and oxygen atoms in total. The molecule has 2 amide bonds. The van der Waals surface area contributed by atoms with Crippen LogP contribution in [0.2, 0.25) is 0 Å². The van der Waals surface area contributed by atoms with Crippen LogP contribution in [0.3, 0.4) is 0 Å². The Hall–Kier alpha value is -5.15. The Balaban J connectivity index is 0.00000401. The Kier molecular flexibility index (Phi) is 8.99. The summed E-state index contributed by atoms with van der Waals surface area (Å²) in [4.78, 5) is 31.6. The number of phenolic OH excluding ortho intramolecular Hbond substituents is 1. The first-order valence-corrected chi connectivity index (χ1v) is 15.6. The highest BCUT2D eigenvalue weighted by atomic mass is 35.5. The van der Waals surface area contributed by atoms with Crippen molar-refractivity contribution in [3.63, 3.8) is 0 Å². The zero-order chi connectivity index (χ0) is 32.8. The van der Waals surface area contributed by atoms with E-state index in [0.29, 0.717) is 46.7 Å². The maximum absolute atomic E-state index is 15.1. The molecule has 0 spiro atoms. The maximum atomic E-state index is 15.1. The van der Waals surface area contributed by atoms with E-state index in [1.807, 2.05) is 45.7 Å². The molecule has 1 unspecified atom stereocenters. The first-order chi connectivity index (χ1) is 22.7. The van der Waals surface area contributed by atoms with Gasteiger partial charge in [-0.3, -0.25) is 9.59 Å². The monoisotopic (exact) mass is 668 g/mol. The third-order valence-electron chi connectivity index (χ3n) is 9.37. The molecule has 4 aromatic carbocycles. The zero-order valence-electron chi connectivity index (χ0n) is 26.5. The van der Waals surface area contributed by atoms with Crippen molar-refractivity contribution < 1.29 is 23.5 Å². The number of nitrogens with zero attached hydrogens (tertiary/aromatic N) is 3. The molecular formula is C38H35ClF2N4O3. The van der Waals surface area contributed by atoms with Crippen LogP contribution in [0.5, 0.6) is 5.75 Å². The maximum Gasteiger partial charge on any atom is 0.257 e. The largest absolute Gasteiger partial charge is 0.508 e. The molecule has 1 aromatic heterocycles. The number of carbonyl (C=O) groups excluding carboxylic acids is 2. The fourth-order valence-electron chi connectivity index (χ4n) is 6.78. The number of aromatic nitrogens is 1. The minimum Gasteiger partial charge on any atom is -0.508 e. The quantitative estimate of drug-likeness (QED) is 0.200. The second kappa shape index (κ2) is 13.2. The molecular weight excluding hydrogens is 634 g/mol. The normalized spacial score (nSPS) is 16.8. The molecule has 0 saturated carbocycles. The summed E-state index contributed by atoms with van der Waals surface area (Å²) < 4.78 is 31.2. The van der Waals surface area contributed by atoms with Crippen LogP contribution < -0.4 is 10.2 Å². The number of anilines is 2. The number of rotatable bonds is 5. The van der Waals surface area contributed by atoms with Gasteiger partial charge < -0.3 is 24.8 Å². The number of phenols is 1. The number of nitrogens with one attached hydrogen (secondary N) is 1. The van der Waals surface area contributed by atoms with E-state index >= 15 is 4.39 Å². The summed E-state index contributed by atoms with van der Waals surface area (Å²) in [6.07, 6.45) is 2.54. The van der Waals surface area contributed by atoms with Crippen molar-refractivity contribution in [3.8, 4) is 5.75 Å². The highest BCUT2D eigenvalue weighted by Crippen LogP contribution is 2.39. The third-order valence-corrected chi connectivity index (χ3v) is 9.37. The van der Waals surface area contributed by atoms with Crippen LogP contribution in [-0.2, 0) is 26.1 Å². The van der Waals surface area contributed by atoms with E-state index in [2.05, 4.69) is 11.4 Å². The number of benzene rings is 4. The molecule has 2 aliphatic heterocycles. The second-order valence-corrected chi connectivity index (χ2v) is 12.4. The van der Waals surface area contributed by atoms with E-state index < -0.39 is 17.7 Å². The fraction of sp³-hybridized carbons (Fsp3) is 0.211. The van der Waals surface area contributed by atoms with E-state index in [4.69, 9.17) is 0 Å². The lowest BCUT2D eigenvalue weighted by atomic mass is 9.91. The smallest absolute Gasteiger partial charge is 0.257 e. The molecule has 48 heavy (non-hydrogen) atoms. The molecule has 2 aliphatic rings. The summed E-state index contributed by atoms with van der Waals surface area (Å²) in [7, 11) is 0. The summed E-state index contributed by atoms with van der Waals surface area (Å²) >= 11 is 0. The molecule has 246 valence electrons. The molecule has 3 heterocycles. The van der Waals surface area contributed by atoms with Crippen molar-refractivity contribution in [2.45, 2.75) is 52.0 Å². The summed E-state index contributed by atoms with van der Waals surface area (Å²) in [5.41, 5.74) is 5.97. The van der Waals surface area contributed by atoms with Gasteiger partial charge in [0.2, 0.25) is 0 Å². The number of fused-ring (bicyclic) bond motifs is 2. The molecule has 0 saturated heterocycles. The van der Waals surface area contributed by atoms with Gasteiger partial charge in [0.15, 0.2) is 0 Å². The number of carbonyl (C=O) groups is 2. The number of halogens is 3. The number of aromatic hydroxyl groups is 1. The van der Waals surface area contributed by atoms with Crippen LogP contribution in [0.4, 0.5) is 20.2 Å². The van der Waals surface area contributed by atoms with Crippen LogP contribution in [-0.4, -0.2) is 32.4 Å². The lowest BCUT2D eigenvalue weighted by molar-refractivity contribution is 0.0656. The van der Waals surface area contributed by atoms with Crippen LogP contribution in [0.25, 0.3) is 0 Å². The van der Waals surface area contributed by atoms with Gasteiger partial charge in [-0.25, -0.2) is 8.78 Å².